The first-order valence-electron chi connectivity index (χ1n) is 13.9. The summed E-state index contributed by atoms with van der Waals surface area (Å²) in [5, 5.41) is 9.71. The SMILES string of the molecule is CCCC(C)OC(=O)Oc1ccc(C(C(C)COC(=O)C(C)CC)[C@H](N)C(=O)O)cc1OC(=O)OC(C)CCC. The van der Waals surface area contributed by atoms with Crippen LogP contribution in [0.15, 0.2) is 18.2 Å². The average molecular weight is 568 g/mol. The molecular formula is C29H45NO10. The van der Waals surface area contributed by atoms with Gasteiger partial charge in [-0.1, -0.05) is 53.5 Å². The van der Waals surface area contributed by atoms with E-state index in [1.165, 1.54) is 18.2 Å². The molecule has 0 heterocycles. The Bertz CT molecular complexity index is 982. The van der Waals surface area contributed by atoms with Gasteiger partial charge in [0.2, 0.25) is 0 Å². The number of ether oxygens (including phenoxy) is 5. The molecule has 0 spiro atoms. The Hall–Kier alpha value is -3.34. The zero-order chi connectivity index (χ0) is 30.4. The lowest BCUT2D eigenvalue weighted by molar-refractivity contribution is -0.149. The van der Waals surface area contributed by atoms with Crippen LogP contribution in [0.2, 0.25) is 0 Å². The Labute approximate surface area is 236 Å². The van der Waals surface area contributed by atoms with Gasteiger partial charge in [0.05, 0.1) is 12.5 Å². The molecule has 3 N–H and O–H groups in total. The lowest BCUT2D eigenvalue weighted by atomic mass is 9.82. The van der Waals surface area contributed by atoms with E-state index in [0.717, 1.165) is 12.8 Å². The topological polar surface area (TPSA) is 161 Å². The molecule has 1 aromatic rings. The minimum atomic E-state index is -1.38. The van der Waals surface area contributed by atoms with Gasteiger partial charge < -0.3 is 34.5 Å². The second-order valence-electron chi connectivity index (χ2n) is 10.2. The van der Waals surface area contributed by atoms with Crippen molar-refractivity contribution in [3.63, 3.8) is 0 Å². The highest BCUT2D eigenvalue weighted by Gasteiger charge is 2.33. The van der Waals surface area contributed by atoms with Crippen molar-refractivity contribution >= 4 is 24.2 Å². The van der Waals surface area contributed by atoms with Gasteiger partial charge in [0.1, 0.15) is 18.2 Å². The average Bonchev–Trinajstić information content (AvgIpc) is 2.88. The van der Waals surface area contributed by atoms with Crippen molar-refractivity contribution in [2.45, 2.75) is 105 Å². The molecule has 226 valence electrons. The quantitative estimate of drug-likeness (QED) is 0.141. The number of hydrogen-bond acceptors (Lipinski definition) is 10. The number of nitrogens with two attached hydrogens (primary N) is 1. The van der Waals surface area contributed by atoms with Crippen LogP contribution in [0.5, 0.6) is 11.5 Å². The monoisotopic (exact) mass is 567 g/mol. The van der Waals surface area contributed by atoms with Crippen LogP contribution in [0.4, 0.5) is 9.59 Å². The molecule has 1 aromatic carbocycles. The Morgan fingerprint density at radius 1 is 0.850 bits per heavy atom. The Morgan fingerprint density at radius 2 is 1.38 bits per heavy atom. The Balaban J connectivity index is 3.37. The molecule has 0 radical (unpaired) electrons. The number of benzene rings is 1. The molecule has 0 amide bonds. The molecule has 0 aromatic heterocycles. The van der Waals surface area contributed by atoms with E-state index in [2.05, 4.69) is 0 Å². The van der Waals surface area contributed by atoms with Crippen molar-refractivity contribution in [1.82, 2.24) is 0 Å². The summed E-state index contributed by atoms with van der Waals surface area (Å²) >= 11 is 0. The summed E-state index contributed by atoms with van der Waals surface area (Å²) in [4.78, 5) is 49.0. The van der Waals surface area contributed by atoms with Gasteiger partial charge in [0.15, 0.2) is 11.5 Å². The number of carbonyl (C=O) groups is 4. The molecule has 0 aliphatic carbocycles. The van der Waals surface area contributed by atoms with Crippen LogP contribution < -0.4 is 15.2 Å². The summed E-state index contributed by atoms with van der Waals surface area (Å²) in [6.07, 6.45) is 0.608. The summed E-state index contributed by atoms with van der Waals surface area (Å²) < 4.78 is 26.6. The maximum atomic E-state index is 12.5. The molecule has 0 aliphatic rings. The number of aliphatic carboxylic acids is 1. The van der Waals surface area contributed by atoms with Crippen LogP contribution in [0.1, 0.15) is 92.1 Å². The van der Waals surface area contributed by atoms with Crippen molar-refractivity contribution in [1.29, 1.82) is 0 Å². The summed E-state index contributed by atoms with van der Waals surface area (Å²) in [7, 11) is 0. The molecule has 5 unspecified atom stereocenters. The van der Waals surface area contributed by atoms with E-state index in [0.29, 0.717) is 24.8 Å². The van der Waals surface area contributed by atoms with E-state index in [1.54, 1.807) is 27.7 Å². The lowest BCUT2D eigenvalue weighted by Gasteiger charge is -2.28. The van der Waals surface area contributed by atoms with Gasteiger partial charge >= 0.3 is 24.2 Å². The number of esters is 1. The molecule has 40 heavy (non-hydrogen) atoms. The van der Waals surface area contributed by atoms with Crippen molar-refractivity contribution in [2.75, 3.05) is 6.61 Å². The molecule has 1 rings (SSSR count). The largest absolute Gasteiger partial charge is 0.514 e. The normalized spacial score (nSPS) is 15.5. The van der Waals surface area contributed by atoms with E-state index in [4.69, 9.17) is 29.4 Å². The van der Waals surface area contributed by atoms with Crippen molar-refractivity contribution in [3.8, 4) is 11.5 Å². The fourth-order valence-corrected chi connectivity index (χ4v) is 4.05. The van der Waals surface area contributed by atoms with Gasteiger partial charge in [0.25, 0.3) is 0 Å². The second kappa shape index (κ2) is 17.4. The summed E-state index contributed by atoms with van der Waals surface area (Å²) in [5.41, 5.74) is 6.43. The minimum Gasteiger partial charge on any atom is -0.480 e. The van der Waals surface area contributed by atoms with E-state index in [-0.39, 0.29) is 24.0 Å². The first-order chi connectivity index (χ1) is 18.8. The van der Waals surface area contributed by atoms with E-state index < -0.39 is 54.3 Å². The number of carboxylic acid groups (broad SMARTS) is 1. The first kappa shape index (κ1) is 34.7. The van der Waals surface area contributed by atoms with Crippen molar-refractivity contribution in [3.05, 3.63) is 23.8 Å². The third-order valence-corrected chi connectivity index (χ3v) is 6.51. The molecule has 11 heteroatoms. The van der Waals surface area contributed by atoms with E-state index >= 15 is 0 Å². The maximum Gasteiger partial charge on any atom is 0.514 e. The highest BCUT2D eigenvalue weighted by molar-refractivity contribution is 5.75. The van der Waals surface area contributed by atoms with Crippen LogP contribution in [0.25, 0.3) is 0 Å². The smallest absolute Gasteiger partial charge is 0.480 e. The predicted molar refractivity (Wildman–Crippen MR) is 147 cm³/mol. The molecule has 11 nitrogen and oxygen atoms in total. The van der Waals surface area contributed by atoms with E-state index in [9.17, 15) is 24.3 Å². The van der Waals surface area contributed by atoms with Gasteiger partial charge in [-0.05, 0) is 56.7 Å². The highest BCUT2D eigenvalue weighted by atomic mass is 16.7. The van der Waals surface area contributed by atoms with Crippen LogP contribution in [0.3, 0.4) is 0 Å². The third-order valence-electron chi connectivity index (χ3n) is 6.51. The number of carbonyl (C=O) groups excluding carboxylic acids is 3. The lowest BCUT2D eigenvalue weighted by Crippen LogP contribution is -2.40. The fraction of sp³-hybridized carbons (Fsp3) is 0.655. The van der Waals surface area contributed by atoms with Crippen LogP contribution >= 0.6 is 0 Å². The minimum absolute atomic E-state index is 0.0819. The molecule has 0 aliphatic heterocycles. The number of rotatable bonds is 16. The fourth-order valence-electron chi connectivity index (χ4n) is 4.05. The molecule has 0 saturated heterocycles. The first-order valence-corrected chi connectivity index (χ1v) is 13.9. The molecular weight excluding hydrogens is 522 g/mol. The van der Waals surface area contributed by atoms with Gasteiger partial charge in [-0.3, -0.25) is 9.59 Å². The van der Waals surface area contributed by atoms with Gasteiger partial charge in [-0.15, -0.1) is 0 Å². The van der Waals surface area contributed by atoms with Crippen molar-refractivity contribution < 1.29 is 48.0 Å². The molecule has 0 saturated carbocycles. The van der Waals surface area contributed by atoms with Gasteiger partial charge in [0, 0.05) is 5.92 Å². The second-order valence-corrected chi connectivity index (χ2v) is 10.2. The Morgan fingerprint density at radius 3 is 1.85 bits per heavy atom. The standard InChI is InChI=1S/C29H45NO10/c1-8-11-19(6)37-28(34)39-22-14-13-21(15-23(22)40-29(35)38-20(7)12-9-2)24(25(30)26(31)32)18(5)16-36-27(33)17(4)10-3/h13-15,17-20,24-25H,8-12,16,30H2,1-7H3,(H,31,32)/t17?,18?,19?,20?,24?,25-/m0/s1. The predicted octanol–water partition coefficient (Wildman–Crippen LogP) is 5.82. The van der Waals surface area contributed by atoms with Crippen molar-refractivity contribution in [2.24, 2.45) is 17.6 Å². The van der Waals surface area contributed by atoms with Crippen LogP contribution in [-0.2, 0) is 23.8 Å². The molecule has 6 atom stereocenters. The molecule has 0 bridgehead atoms. The Kier molecular flexibility index (Phi) is 15.1. The zero-order valence-electron chi connectivity index (χ0n) is 24.6. The summed E-state index contributed by atoms with van der Waals surface area (Å²) in [6.45, 7) is 12.6. The summed E-state index contributed by atoms with van der Waals surface area (Å²) in [5.74, 6) is -3.68. The number of hydrogen-bond donors (Lipinski definition) is 2. The third kappa shape index (κ3) is 11.4. The number of carboxylic acids is 1. The zero-order valence-corrected chi connectivity index (χ0v) is 24.6. The van der Waals surface area contributed by atoms with Gasteiger partial charge in [-0.25, -0.2) is 9.59 Å². The molecule has 0 fully saturated rings. The van der Waals surface area contributed by atoms with Crippen LogP contribution in [-0.4, -0.2) is 54.2 Å². The highest BCUT2D eigenvalue weighted by Crippen LogP contribution is 2.36. The van der Waals surface area contributed by atoms with E-state index in [1.807, 2.05) is 20.8 Å². The maximum absolute atomic E-state index is 12.5. The van der Waals surface area contributed by atoms with Crippen LogP contribution in [0, 0.1) is 11.8 Å². The van der Waals surface area contributed by atoms with Gasteiger partial charge in [-0.2, -0.15) is 0 Å². The summed E-state index contributed by atoms with van der Waals surface area (Å²) in [6, 6.07) is 2.85.